The highest BCUT2D eigenvalue weighted by molar-refractivity contribution is 7.87. The first-order chi connectivity index (χ1) is 15.6. The van der Waals surface area contributed by atoms with E-state index in [4.69, 9.17) is 25.4 Å². The summed E-state index contributed by atoms with van der Waals surface area (Å²) in [5.74, 6) is 0.255. The smallest absolute Gasteiger partial charge is 0.298 e. The van der Waals surface area contributed by atoms with Gasteiger partial charge in [0.15, 0.2) is 11.3 Å². The van der Waals surface area contributed by atoms with Crippen LogP contribution in [0.25, 0.3) is 11.0 Å². The molecule has 0 spiro atoms. The Kier molecular flexibility index (Phi) is 7.24. The SMILES string of the molecule is CCCc1cc2cc(C(Nc3ccc(C(=N)N)cc3)C(=O)NS(N)(=O)=O)cc(OCC)c2o1. The average Bonchev–Trinajstić information content (AvgIpc) is 3.14. The summed E-state index contributed by atoms with van der Waals surface area (Å²) < 4.78 is 36.6. The molecule has 0 saturated heterocycles. The number of fused-ring (bicyclic) bond motifs is 1. The molecule has 2 aromatic carbocycles. The number of ether oxygens (including phenoxy) is 1. The van der Waals surface area contributed by atoms with E-state index in [2.05, 4.69) is 5.32 Å². The van der Waals surface area contributed by atoms with Gasteiger partial charge in [-0.3, -0.25) is 10.2 Å². The Bertz CT molecular complexity index is 1270. The number of furan rings is 1. The summed E-state index contributed by atoms with van der Waals surface area (Å²) in [6.45, 7) is 4.24. The van der Waals surface area contributed by atoms with Gasteiger partial charge >= 0.3 is 0 Å². The minimum atomic E-state index is -4.29. The number of carbonyl (C=O) groups excluding carboxylic acids is 1. The number of hydrogen-bond acceptors (Lipinski definition) is 7. The number of nitrogens with one attached hydrogen (secondary N) is 3. The summed E-state index contributed by atoms with van der Waals surface area (Å²) in [6, 6.07) is 10.6. The summed E-state index contributed by atoms with van der Waals surface area (Å²) in [4.78, 5) is 12.9. The molecule has 3 rings (SSSR count). The Morgan fingerprint density at radius 3 is 2.45 bits per heavy atom. The topological polar surface area (TPSA) is 174 Å². The zero-order valence-corrected chi connectivity index (χ0v) is 19.2. The minimum Gasteiger partial charge on any atom is -0.490 e. The van der Waals surface area contributed by atoms with Crippen molar-refractivity contribution in [2.24, 2.45) is 10.9 Å². The first-order valence-corrected chi connectivity index (χ1v) is 11.9. The number of aryl methyl sites for hydroxylation is 1. The predicted molar refractivity (Wildman–Crippen MR) is 126 cm³/mol. The Morgan fingerprint density at radius 2 is 1.88 bits per heavy atom. The monoisotopic (exact) mass is 473 g/mol. The molecule has 0 aliphatic carbocycles. The van der Waals surface area contributed by atoms with E-state index < -0.39 is 22.2 Å². The number of carbonyl (C=O) groups is 1. The number of amides is 1. The predicted octanol–water partition coefficient (Wildman–Crippen LogP) is 2.54. The Balaban J connectivity index is 2.07. The second-order valence-electron chi connectivity index (χ2n) is 7.41. The molecule has 0 bridgehead atoms. The van der Waals surface area contributed by atoms with Gasteiger partial charge in [0.2, 0.25) is 0 Å². The first-order valence-electron chi connectivity index (χ1n) is 10.4. The molecule has 3 aromatic rings. The van der Waals surface area contributed by atoms with Crippen LogP contribution in [0, 0.1) is 5.41 Å². The van der Waals surface area contributed by atoms with Crippen LogP contribution < -0.4 is 25.6 Å². The minimum absolute atomic E-state index is 0.0975. The summed E-state index contributed by atoms with van der Waals surface area (Å²) in [5, 5.41) is 16.3. The van der Waals surface area contributed by atoms with E-state index in [0.717, 1.165) is 24.0 Å². The third-order valence-electron chi connectivity index (χ3n) is 4.80. The van der Waals surface area contributed by atoms with Crippen LogP contribution in [0.5, 0.6) is 5.75 Å². The highest BCUT2D eigenvalue weighted by Crippen LogP contribution is 2.34. The molecule has 1 heterocycles. The molecule has 0 aliphatic rings. The average molecular weight is 474 g/mol. The van der Waals surface area contributed by atoms with E-state index in [9.17, 15) is 13.2 Å². The number of benzene rings is 2. The number of nitrogen functional groups attached to an aromatic ring is 1. The summed E-state index contributed by atoms with van der Waals surface area (Å²) in [5.41, 5.74) is 7.51. The fraction of sp³-hybridized carbons (Fsp3) is 0.273. The van der Waals surface area contributed by atoms with Crippen molar-refractivity contribution < 1.29 is 22.4 Å². The van der Waals surface area contributed by atoms with Gasteiger partial charge in [-0.15, -0.1) is 0 Å². The van der Waals surface area contributed by atoms with Crippen molar-refractivity contribution in [3.63, 3.8) is 0 Å². The highest BCUT2D eigenvalue weighted by Gasteiger charge is 2.26. The number of nitrogens with two attached hydrogens (primary N) is 2. The van der Waals surface area contributed by atoms with E-state index in [-0.39, 0.29) is 5.84 Å². The van der Waals surface area contributed by atoms with Crippen LogP contribution in [0.1, 0.15) is 43.2 Å². The van der Waals surface area contributed by atoms with E-state index in [1.807, 2.05) is 24.6 Å². The van der Waals surface area contributed by atoms with Gasteiger partial charge in [0.05, 0.1) is 6.61 Å². The van der Waals surface area contributed by atoms with Crippen LogP contribution in [0.3, 0.4) is 0 Å². The van der Waals surface area contributed by atoms with Gasteiger partial charge in [0.1, 0.15) is 17.6 Å². The summed E-state index contributed by atoms with van der Waals surface area (Å²) in [7, 11) is -4.29. The largest absolute Gasteiger partial charge is 0.490 e. The molecule has 0 saturated carbocycles. The molecule has 1 aromatic heterocycles. The Labute approximate surface area is 192 Å². The zero-order chi connectivity index (χ0) is 24.2. The number of rotatable bonds is 10. The maximum Gasteiger partial charge on any atom is 0.298 e. The lowest BCUT2D eigenvalue weighted by molar-refractivity contribution is -0.120. The number of hydrogen-bond donors (Lipinski definition) is 5. The van der Waals surface area contributed by atoms with Gasteiger partial charge in [-0.05, 0) is 61.4 Å². The highest BCUT2D eigenvalue weighted by atomic mass is 32.2. The van der Waals surface area contributed by atoms with Crippen LogP contribution in [-0.4, -0.2) is 26.8 Å². The molecule has 0 aliphatic heterocycles. The molecule has 10 nitrogen and oxygen atoms in total. The first kappa shape index (κ1) is 24.1. The maximum atomic E-state index is 12.9. The molecule has 176 valence electrons. The second-order valence-corrected chi connectivity index (χ2v) is 8.71. The van der Waals surface area contributed by atoms with Crippen molar-refractivity contribution in [2.45, 2.75) is 32.7 Å². The third-order valence-corrected chi connectivity index (χ3v) is 5.28. The molecule has 0 fully saturated rings. The van der Waals surface area contributed by atoms with Crippen LogP contribution in [0.15, 0.2) is 46.9 Å². The van der Waals surface area contributed by atoms with E-state index >= 15 is 0 Å². The molecule has 1 atom stereocenters. The van der Waals surface area contributed by atoms with Crippen LogP contribution in [-0.2, 0) is 21.4 Å². The van der Waals surface area contributed by atoms with Gasteiger partial charge in [0.25, 0.3) is 16.1 Å². The van der Waals surface area contributed by atoms with Crippen molar-refractivity contribution in [3.8, 4) is 5.75 Å². The molecule has 1 amide bonds. The lowest BCUT2D eigenvalue weighted by Gasteiger charge is -2.20. The Morgan fingerprint density at radius 1 is 1.18 bits per heavy atom. The standard InChI is InChI=1S/C22H27N5O5S/c1-3-5-17-11-15-10-14(12-18(31-4-2)20(15)32-17)19(22(28)27-33(25,29)30)26-16-8-6-13(7-9-16)21(23)24/h6-12,19,26H,3-5H2,1-2H3,(H3,23,24)(H,27,28)(H2,25,29,30). The summed E-state index contributed by atoms with van der Waals surface area (Å²) >= 11 is 0. The van der Waals surface area contributed by atoms with Crippen molar-refractivity contribution in [3.05, 3.63) is 59.4 Å². The molecule has 33 heavy (non-hydrogen) atoms. The molecule has 0 radical (unpaired) electrons. The zero-order valence-electron chi connectivity index (χ0n) is 18.3. The quantitative estimate of drug-likeness (QED) is 0.222. The summed E-state index contributed by atoms with van der Waals surface area (Å²) in [6.07, 6.45) is 1.64. The van der Waals surface area contributed by atoms with Gasteiger partial charge in [-0.1, -0.05) is 6.92 Å². The normalized spacial score (nSPS) is 12.3. The molecular weight excluding hydrogens is 446 g/mol. The van der Waals surface area contributed by atoms with Crippen LogP contribution in [0.4, 0.5) is 5.69 Å². The van der Waals surface area contributed by atoms with Gasteiger partial charge in [-0.25, -0.2) is 9.86 Å². The maximum absolute atomic E-state index is 12.9. The van der Waals surface area contributed by atoms with Crippen LogP contribution in [0.2, 0.25) is 0 Å². The number of anilines is 1. The molecule has 11 heteroatoms. The molecule has 1 unspecified atom stereocenters. The van der Waals surface area contributed by atoms with E-state index in [1.165, 1.54) is 0 Å². The van der Waals surface area contributed by atoms with E-state index in [0.29, 0.717) is 34.8 Å². The van der Waals surface area contributed by atoms with Crippen molar-refractivity contribution in [1.82, 2.24) is 4.72 Å². The van der Waals surface area contributed by atoms with Crippen molar-refractivity contribution in [2.75, 3.05) is 11.9 Å². The fourth-order valence-electron chi connectivity index (χ4n) is 3.41. The van der Waals surface area contributed by atoms with Gasteiger partial charge < -0.3 is 20.2 Å². The third kappa shape index (κ3) is 6.02. The lowest BCUT2D eigenvalue weighted by atomic mass is 10.0. The van der Waals surface area contributed by atoms with Crippen LogP contribution >= 0.6 is 0 Å². The van der Waals surface area contributed by atoms with Crippen molar-refractivity contribution in [1.29, 1.82) is 5.41 Å². The molecular formula is C22H27N5O5S. The van der Waals surface area contributed by atoms with Gasteiger partial charge in [0, 0.05) is 23.1 Å². The van der Waals surface area contributed by atoms with Gasteiger partial charge in [-0.2, -0.15) is 8.42 Å². The molecule has 7 N–H and O–H groups in total. The number of amidine groups is 1. The fourth-order valence-corrected chi connectivity index (χ4v) is 3.81. The van der Waals surface area contributed by atoms with Crippen molar-refractivity contribution >= 4 is 38.6 Å². The second kappa shape index (κ2) is 9.92. The Hall–Kier alpha value is -3.57. The van der Waals surface area contributed by atoms with E-state index in [1.54, 1.807) is 36.4 Å². The lowest BCUT2D eigenvalue weighted by Crippen LogP contribution is -2.41.